The number of aliphatic hydroxyl groups excluding tert-OH is 13. The molecule has 7 aliphatic heterocycles. The molecule has 19 unspecified atom stereocenters. The zero-order valence-corrected chi connectivity index (χ0v) is 73.1. The molecule has 0 aromatic carbocycles. The van der Waals surface area contributed by atoms with Gasteiger partial charge in [-0.3, -0.25) is 41.7 Å². The molecule has 5 aliphatic carbocycles. The Balaban J connectivity index is 0.000000251. The number of ether oxygens (including phenoxy) is 11. The van der Waals surface area contributed by atoms with Gasteiger partial charge in [0.1, 0.15) is 104 Å². The van der Waals surface area contributed by atoms with E-state index in [1.54, 1.807) is 62.5 Å². The van der Waals surface area contributed by atoms with E-state index >= 15 is 0 Å². The molecule has 12 rings (SSSR count). The molecule has 0 amide bonds. The summed E-state index contributed by atoms with van der Waals surface area (Å²) in [6.45, 7) is 5.98. The average Bonchev–Trinajstić information content (AvgIpc) is 1.58. The molecule has 50 nitrogen and oxygen atoms in total. The van der Waals surface area contributed by atoms with E-state index in [4.69, 9.17) is 145 Å². The van der Waals surface area contributed by atoms with Gasteiger partial charge in [0, 0.05) is 68.6 Å². The van der Waals surface area contributed by atoms with Crippen molar-refractivity contribution >= 4 is 54.7 Å². The lowest BCUT2D eigenvalue weighted by molar-refractivity contribution is -0.308. The van der Waals surface area contributed by atoms with Gasteiger partial charge in [-0.1, -0.05) is 68.0 Å². The standard InChI is InChI=1S/C33H47NO13.C22H44N6O13.C21H30O5.3H2O4S/c1-18-10-8-6-4-3-5-7-9-11-21(45-32-30(39)28(34)29(38)19(2)44-32)15-25-27(31(40)41)22(36)17-33(42,47-25)16-20(35)14-24-23(46-24)12-13-26(37)43-18;23-2-6-11(31)12(32)8(26)20(36-6)38-16-5(25)1-4(24)10(30)18(16)40-22-15(35)17(7(3-29)37-22)39-21-9(27)13(33)14(34)19(28)41-21;1-19-7-5-13(23)9-12(19)3-4-14-15-6-8-21(26,17(25)11-22)20(15,2)10-16(24)18(14)19;3*1-5(2,3)4/h3-9,11-13,18-25,27-30,32,35-36,38-39,42H,10,14-17,34H2,1-2H3,(H,40,41);4-22,29-35H,1-3,23-28H2;9,14-16,18,22,24,26H,3-8,10-11H2,1-2H3;3*(H2,1,2,3,4)/b4-3+,7-5+,8-6+,11-9+,13-12+;;;;;/t18-,19?,20?,21+,22?,23?,24+,25?,27?,28?,29-,30?,32?,33-;4-,5+,6-,7-,8?,9?,10?,11?,12-,13-,14?,15?,16?,17?,18-,19?,20?,21+,22+;14-,15-,16-,18+,19-,20-,21-;;;/m110.../s1. The summed E-state index contributed by atoms with van der Waals surface area (Å²) in [5.74, 6) is -5.31. The van der Waals surface area contributed by atoms with Crippen molar-refractivity contribution in [1.29, 1.82) is 0 Å². The molecule has 129 heavy (non-hydrogen) atoms. The van der Waals surface area contributed by atoms with Gasteiger partial charge in [-0.05, 0) is 94.1 Å². The molecule has 0 aromatic rings. The minimum Gasteiger partial charge on any atom is -0.481 e. The molecule has 53 heteroatoms. The summed E-state index contributed by atoms with van der Waals surface area (Å²) in [5.41, 5.74) is 40.3. The number of epoxide rings is 1. The fourth-order valence-corrected chi connectivity index (χ4v) is 18.8. The van der Waals surface area contributed by atoms with Crippen LogP contribution in [0.2, 0.25) is 0 Å². The number of Topliss-reactive ketones (excluding diaryl/α,β-unsaturated/α-hetero) is 1. The molecule has 4 saturated carbocycles. The number of hydrogen-bond donors (Lipinski definition) is 29. The molecular formula is C76H127N7O43S3. The summed E-state index contributed by atoms with van der Waals surface area (Å²) in [6.07, 6.45) is -9.38. The van der Waals surface area contributed by atoms with Crippen LogP contribution in [0.15, 0.2) is 72.4 Å². The lowest BCUT2D eigenvalue weighted by Gasteiger charge is -2.60. The molecule has 12 aliphatic rings. The molecule has 0 aromatic heterocycles. The van der Waals surface area contributed by atoms with Crippen molar-refractivity contribution in [2.24, 2.45) is 74.6 Å². The summed E-state index contributed by atoms with van der Waals surface area (Å²) < 4.78 is 157. The highest BCUT2D eigenvalue weighted by molar-refractivity contribution is 7.80. The van der Waals surface area contributed by atoms with Crippen LogP contribution in [0.1, 0.15) is 111 Å². The van der Waals surface area contributed by atoms with Gasteiger partial charge >= 0.3 is 43.1 Å². The van der Waals surface area contributed by atoms with Crippen molar-refractivity contribution in [3.63, 3.8) is 0 Å². The fourth-order valence-electron chi connectivity index (χ4n) is 18.8. The van der Waals surface area contributed by atoms with Crippen molar-refractivity contribution in [2.75, 3.05) is 19.8 Å². The second-order valence-corrected chi connectivity index (χ2v) is 37.1. The van der Waals surface area contributed by atoms with E-state index < -0.39 is 281 Å². The number of fused-ring (bicyclic) bond motifs is 8. The second kappa shape index (κ2) is 46.7. The maximum atomic E-state index is 12.4. The van der Waals surface area contributed by atoms with Crippen LogP contribution >= 0.6 is 0 Å². The Kier molecular flexibility index (Phi) is 40.2. The molecule has 6 saturated heterocycles. The Morgan fingerprint density at radius 1 is 0.558 bits per heavy atom. The van der Waals surface area contributed by atoms with Crippen LogP contribution in [-0.2, 0) is 102 Å². The Morgan fingerprint density at radius 2 is 1.12 bits per heavy atom. The first-order chi connectivity index (χ1) is 59.7. The lowest BCUT2D eigenvalue weighted by atomic mass is 9.45. The Bertz CT molecular complexity index is 4150. The number of carbonyl (C=O) groups excluding carboxylic acids is 3. The number of hydrogen-bond acceptors (Lipinski definition) is 43. The largest absolute Gasteiger partial charge is 0.481 e. The Morgan fingerprint density at radius 3 is 1.72 bits per heavy atom. The van der Waals surface area contributed by atoms with Crippen molar-refractivity contribution in [3.8, 4) is 0 Å². The number of allylic oxidation sites excluding steroid dienone is 7. The first-order valence-corrected chi connectivity index (χ1v) is 45.5. The first kappa shape index (κ1) is 111. The predicted molar refractivity (Wildman–Crippen MR) is 436 cm³/mol. The number of aliphatic hydroxyl groups is 15. The van der Waals surface area contributed by atoms with Gasteiger partial charge in [0.15, 0.2) is 42.5 Å². The van der Waals surface area contributed by atoms with Crippen LogP contribution in [0, 0.1) is 34.5 Å². The van der Waals surface area contributed by atoms with Gasteiger partial charge in [0.05, 0.1) is 79.7 Å². The van der Waals surface area contributed by atoms with Gasteiger partial charge in [-0.2, -0.15) is 25.3 Å². The fraction of sp³-hybridized carbons (Fsp3) is 0.789. The summed E-state index contributed by atoms with van der Waals surface area (Å²) >= 11 is 0. The number of carboxylic acid groups (broad SMARTS) is 1. The summed E-state index contributed by atoms with van der Waals surface area (Å²) in [7, 11) is -14.0. The first-order valence-electron chi connectivity index (χ1n) is 41.3. The minimum absolute atomic E-state index is 0.0697. The number of rotatable bonds is 13. The van der Waals surface area contributed by atoms with E-state index in [9.17, 15) is 101 Å². The molecule has 7 heterocycles. The number of ketones is 2. The monoisotopic (exact) mass is 1920 g/mol. The molecule has 10 fully saturated rings. The summed E-state index contributed by atoms with van der Waals surface area (Å²) in [5, 5.41) is 168. The average molecular weight is 1920 g/mol. The van der Waals surface area contributed by atoms with Crippen LogP contribution in [0.3, 0.4) is 0 Å². The second-order valence-electron chi connectivity index (χ2n) is 34.4. The Labute approximate surface area is 742 Å². The van der Waals surface area contributed by atoms with Gasteiger partial charge < -0.3 is 174 Å². The van der Waals surface area contributed by atoms with Crippen molar-refractivity contribution in [2.45, 2.75) is 318 Å². The molecule has 40 atom stereocenters. The SMILES string of the molecule is CC1OC(O[C@H]2/C=C/C=C/C=C/C=C/C[C@@H](C)OC(=O)/C=C/C3O[C@H]3CC(O)C[C@]3(O)CC(O)C(C(=O)O)C(C2)O3)C(O)C(N)[C@@H]1O.C[C@]12CCC(=O)C=C1CC[C@@H]1[C@@H]2[C@@H](O)C[C@@]2(C)[C@H]1CC[C@]2(O)C(=O)CO.NC[C@H]1OC(OC2[C@H](O[C@@H]3O[C@H](CO)C(O[C@H]4OC(N)C(O)[C@H](O)C4N)C3O)C(O)[C@H](N)C[C@@H]2N)C(N)[C@@H](O)C1O.O=S(=O)(O)O.O=S(=O)(O)O.O=S(=O)(O)O. The molecule has 0 spiro atoms. The maximum absolute atomic E-state index is 12.4. The number of esters is 1. The third-order valence-corrected chi connectivity index (χ3v) is 25.3. The van der Waals surface area contributed by atoms with E-state index in [-0.39, 0.29) is 67.3 Å². The smallest absolute Gasteiger partial charge is 0.394 e. The summed E-state index contributed by atoms with van der Waals surface area (Å²) in [4.78, 5) is 48.7. The number of carbonyl (C=O) groups is 4. The van der Waals surface area contributed by atoms with Crippen LogP contribution in [0.5, 0.6) is 0 Å². The van der Waals surface area contributed by atoms with Gasteiger partial charge in [0.2, 0.25) is 0 Å². The van der Waals surface area contributed by atoms with Gasteiger partial charge in [-0.15, -0.1) is 0 Å². The highest BCUT2D eigenvalue weighted by Gasteiger charge is 2.69. The normalized spacial score (nSPS) is 46.2. The summed E-state index contributed by atoms with van der Waals surface area (Å²) in [6, 6.07) is -5.29. The highest BCUT2D eigenvalue weighted by atomic mass is 32.3. The third-order valence-electron chi connectivity index (χ3n) is 25.3. The van der Waals surface area contributed by atoms with E-state index in [1.165, 1.54) is 17.7 Å². The van der Waals surface area contributed by atoms with Crippen LogP contribution in [0.25, 0.3) is 0 Å². The van der Waals surface area contributed by atoms with E-state index in [0.717, 1.165) is 25.7 Å². The maximum Gasteiger partial charge on any atom is 0.394 e. The van der Waals surface area contributed by atoms with Crippen molar-refractivity contribution < 1.29 is 206 Å². The van der Waals surface area contributed by atoms with E-state index in [2.05, 4.69) is 6.92 Å². The highest BCUT2D eigenvalue weighted by Crippen LogP contribution is 2.68. The lowest BCUT2D eigenvalue weighted by Crippen LogP contribution is -2.68. The van der Waals surface area contributed by atoms with Crippen LogP contribution in [0.4, 0.5) is 0 Å². The Hall–Kier alpha value is -4.95. The topological polar surface area (TPSA) is 903 Å². The molecule has 0 radical (unpaired) electrons. The van der Waals surface area contributed by atoms with Gasteiger partial charge in [-0.25, -0.2) is 4.79 Å². The molecule has 742 valence electrons. The van der Waals surface area contributed by atoms with Gasteiger partial charge in [0.25, 0.3) is 0 Å². The zero-order valence-electron chi connectivity index (χ0n) is 70.6. The number of nitrogens with two attached hydrogens (primary N) is 7. The predicted octanol–water partition coefficient (Wildman–Crippen LogP) is -8.99. The third kappa shape index (κ3) is 29.8. The van der Waals surface area contributed by atoms with Crippen molar-refractivity contribution in [1.82, 2.24) is 0 Å². The minimum atomic E-state index is -4.67. The van der Waals surface area contributed by atoms with Crippen molar-refractivity contribution in [3.05, 3.63) is 72.4 Å². The quantitative estimate of drug-likeness (QED) is 0.0463. The molecule has 2 bridgehead atoms. The number of carboxylic acids is 1. The van der Waals surface area contributed by atoms with Crippen LogP contribution < -0.4 is 40.1 Å². The number of cyclic esters (lactones) is 1. The van der Waals surface area contributed by atoms with Crippen LogP contribution in [-0.4, -0.2) is 385 Å². The van der Waals surface area contributed by atoms with E-state index in [1.807, 2.05) is 13.0 Å². The molecule has 36 N–H and O–H groups in total. The van der Waals surface area contributed by atoms with E-state index in [0.29, 0.717) is 25.7 Å². The molecular weight excluding hydrogens is 1800 g/mol. The zero-order chi connectivity index (χ0) is 97.0. The number of aliphatic carboxylic acids is 1.